The van der Waals surface area contributed by atoms with Gasteiger partial charge in [-0.05, 0) is 26.7 Å². The van der Waals surface area contributed by atoms with E-state index >= 15 is 0 Å². The first-order valence-corrected chi connectivity index (χ1v) is 6.04. The summed E-state index contributed by atoms with van der Waals surface area (Å²) in [6.07, 6.45) is 7.15. The van der Waals surface area contributed by atoms with Gasteiger partial charge in [-0.25, -0.2) is 0 Å². The van der Waals surface area contributed by atoms with E-state index in [2.05, 4.69) is 6.92 Å². The van der Waals surface area contributed by atoms with Gasteiger partial charge in [0, 0.05) is 0 Å². The van der Waals surface area contributed by atoms with Crippen LogP contribution in [-0.4, -0.2) is 18.1 Å². The van der Waals surface area contributed by atoms with E-state index in [4.69, 9.17) is 10.5 Å². The summed E-state index contributed by atoms with van der Waals surface area (Å²) in [6, 6.07) is -0.507. The summed E-state index contributed by atoms with van der Waals surface area (Å²) in [6.45, 7) is 5.78. The molecule has 90 valence electrons. The topological polar surface area (TPSA) is 52.3 Å². The van der Waals surface area contributed by atoms with E-state index in [1.807, 2.05) is 6.92 Å². The third-order valence-corrected chi connectivity index (χ3v) is 2.40. The lowest BCUT2D eigenvalue weighted by Gasteiger charge is -2.14. The van der Waals surface area contributed by atoms with E-state index in [0.29, 0.717) is 0 Å². The largest absolute Gasteiger partial charge is 0.462 e. The lowest BCUT2D eigenvalue weighted by Crippen LogP contribution is -2.31. The minimum Gasteiger partial charge on any atom is -0.462 e. The van der Waals surface area contributed by atoms with Crippen LogP contribution in [0.4, 0.5) is 0 Å². The van der Waals surface area contributed by atoms with Crippen molar-refractivity contribution in [2.45, 2.75) is 71.4 Å². The van der Waals surface area contributed by atoms with Gasteiger partial charge in [0.15, 0.2) is 0 Å². The van der Waals surface area contributed by atoms with Crippen molar-refractivity contribution in [2.75, 3.05) is 0 Å². The van der Waals surface area contributed by atoms with E-state index in [9.17, 15) is 4.79 Å². The lowest BCUT2D eigenvalue weighted by atomic mass is 10.1. The van der Waals surface area contributed by atoms with Crippen molar-refractivity contribution in [1.29, 1.82) is 0 Å². The van der Waals surface area contributed by atoms with Gasteiger partial charge in [0.2, 0.25) is 0 Å². The predicted molar refractivity (Wildman–Crippen MR) is 62.6 cm³/mol. The van der Waals surface area contributed by atoms with Gasteiger partial charge in [-0.3, -0.25) is 4.79 Å². The number of hydrogen-bond donors (Lipinski definition) is 1. The fourth-order valence-corrected chi connectivity index (χ4v) is 1.40. The van der Waals surface area contributed by atoms with Crippen LogP contribution in [0.2, 0.25) is 0 Å². The van der Waals surface area contributed by atoms with Crippen LogP contribution >= 0.6 is 0 Å². The Labute approximate surface area is 93.4 Å². The summed E-state index contributed by atoms with van der Waals surface area (Å²) in [4.78, 5) is 11.1. The van der Waals surface area contributed by atoms with Crippen LogP contribution in [0.5, 0.6) is 0 Å². The molecule has 3 nitrogen and oxygen atoms in total. The number of carbonyl (C=O) groups excluding carboxylic acids is 1. The molecule has 0 rings (SSSR count). The maximum absolute atomic E-state index is 11.1. The first kappa shape index (κ1) is 14.4. The van der Waals surface area contributed by atoms with Gasteiger partial charge in [-0.2, -0.15) is 0 Å². The fourth-order valence-electron chi connectivity index (χ4n) is 1.40. The van der Waals surface area contributed by atoms with Crippen LogP contribution in [0.25, 0.3) is 0 Å². The highest BCUT2D eigenvalue weighted by Crippen LogP contribution is 2.09. The molecule has 0 heterocycles. The van der Waals surface area contributed by atoms with Crippen LogP contribution in [0.15, 0.2) is 0 Å². The predicted octanol–water partition coefficient (Wildman–Crippen LogP) is 2.63. The van der Waals surface area contributed by atoms with Crippen molar-refractivity contribution < 1.29 is 9.53 Å². The molecule has 0 aromatic carbocycles. The van der Waals surface area contributed by atoms with Gasteiger partial charge >= 0.3 is 5.97 Å². The average Bonchev–Trinajstić information content (AvgIpc) is 2.17. The van der Waals surface area contributed by atoms with Crippen LogP contribution in [-0.2, 0) is 9.53 Å². The summed E-state index contributed by atoms with van der Waals surface area (Å²) < 4.78 is 5.15. The van der Waals surface area contributed by atoms with E-state index in [0.717, 1.165) is 12.8 Å². The zero-order chi connectivity index (χ0) is 11.7. The summed E-state index contributed by atoms with van der Waals surface area (Å²) in [5.74, 6) is -0.295. The third-order valence-electron chi connectivity index (χ3n) is 2.40. The maximum Gasteiger partial charge on any atom is 0.322 e. The normalized spacial score (nSPS) is 14.7. The van der Waals surface area contributed by atoms with Crippen molar-refractivity contribution in [3.63, 3.8) is 0 Å². The number of rotatable bonds is 8. The molecule has 0 aliphatic heterocycles. The third kappa shape index (κ3) is 8.43. The van der Waals surface area contributed by atoms with Gasteiger partial charge in [-0.15, -0.1) is 0 Å². The molecule has 0 saturated heterocycles. The van der Waals surface area contributed by atoms with Crippen molar-refractivity contribution >= 4 is 5.97 Å². The van der Waals surface area contributed by atoms with E-state index < -0.39 is 6.04 Å². The zero-order valence-corrected chi connectivity index (χ0v) is 10.3. The summed E-state index contributed by atoms with van der Waals surface area (Å²) in [5, 5.41) is 0. The molecule has 0 saturated carbocycles. The molecule has 0 aliphatic rings. The molecule has 2 unspecified atom stereocenters. The summed E-state index contributed by atoms with van der Waals surface area (Å²) in [7, 11) is 0. The summed E-state index contributed by atoms with van der Waals surface area (Å²) >= 11 is 0. The Morgan fingerprint density at radius 2 is 1.80 bits per heavy atom. The molecule has 2 N–H and O–H groups in total. The van der Waals surface area contributed by atoms with Crippen LogP contribution in [0, 0.1) is 0 Å². The van der Waals surface area contributed by atoms with Crippen LogP contribution in [0.1, 0.15) is 59.3 Å². The zero-order valence-electron chi connectivity index (χ0n) is 10.3. The Morgan fingerprint density at radius 3 is 2.33 bits per heavy atom. The van der Waals surface area contributed by atoms with Gasteiger partial charge in [0.25, 0.3) is 0 Å². The number of hydrogen-bond acceptors (Lipinski definition) is 3. The van der Waals surface area contributed by atoms with Gasteiger partial charge < -0.3 is 10.5 Å². The van der Waals surface area contributed by atoms with Gasteiger partial charge in [0.1, 0.15) is 6.04 Å². The van der Waals surface area contributed by atoms with Crippen molar-refractivity contribution in [3.05, 3.63) is 0 Å². The second-order valence-electron chi connectivity index (χ2n) is 4.24. The molecular weight excluding hydrogens is 190 g/mol. The Hall–Kier alpha value is -0.570. The molecule has 0 radical (unpaired) electrons. The Bertz CT molecular complexity index is 169. The quantitative estimate of drug-likeness (QED) is 0.500. The molecule has 0 spiro atoms. The van der Waals surface area contributed by atoms with Crippen molar-refractivity contribution in [2.24, 2.45) is 5.73 Å². The standard InChI is InChI=1S/C12H25NO2/c1-4-5-6-7-8-9-10(2)15-12(14)11(3)13/h10-11H,4-9,13H2,1-3H3. The molecule has 0 aromatic heterocycles. The molecule has 15 heavy (non-hydrogen) atoms. The van der Waals surface area contributed by atoms with Crippen molar-refractivity contribution in [1.82, 2.24) is 0 Å². The molecule has 0 bridgehead atoms. The summed E-state index contributed by atoms with van der Waals surface area (Å²) in [5.41, 5.74) is 5.40. The monoisotopic (exact) mass is 215 g/mol. The minimum absolute atomic E-state index is 0.00475. The van der Waals surface area contributed by atoms with Gasteiger partial charge in [-0.1, -0.05) is 32.6 Å². The second kappa shape index (κ2) is 8.72. The average molecular weight is 215 g/mol. The first-order chi connectivity index (χ1) is 7.07. The molecular formula is C12H25NO2. The number of esters is 1. The number of unbranched alkanes of at least 4 members (excludes halogenated alkanes) is 4. The highest BCUT2D eigenvalue weighted by molar-refractivity contribution is 5.75. The van der Waals surface area contributed by atoms with Gasteiger partial charge in [0.05, 0.1) is 6.10 Å². The molecule has 2 atom stereocenters. The second-order valence-corrected chi connectivity index (χ2v) is 4.24. The first-order valence-electron chi connectivity index (χ1n) is 6.04. The minimum atomic E-state index is -0.507. The maximum atomic E-state index is 11.1. The Kier molecular flexibility index (Phi) is 8.38. The van der Waals surface area contributed by atoms with E-state index in [1.54, 1.807) is 6.92 Å². The molecule has 0 amide bonds. The van der Waals surface area contributed by atoms with Crippen LogP contribution < -0.4 is 5.73 Å². The molecule has 0 fully saturated rings. The van der Waals surface area contributed by atoms with Crippen molar-refractivity contribution in [3.8, 4) is 0 Å². The van der Waals surface area contributed by atoms with Crippen LogP contribution in [0.3, 0.4) is 0 Å². The molecule has 0 aromatic rings. The lowest BCUT2D eigenvalue weighted by molar-refractivity contribution is -0.149. The highest BCUT2D eigenvalue weighted by Gasteiger charge is 2.12. The fraction of sp³-hybridized carbons (Fsp3) is 0.917. The van der Waals surface area contributed by atoms with E-state index in [-0.39, 0.29) is 12.1 Å². The molecule has 3 heteroatoms. The van der Waals surface area contributed by atoms with E-state index in [1.165, 1.54) is 25.7 Å². The highest BCUT2D eigenvalue weighted by atomic mass is 16.5. The smallest absolute Gasteiger partial charge is 0.322 e. The SMILES string of the molecule is CCCCCCCC(C)OC(=O)C(C)N. The Balaban J connectivity index is 3.41. The Morgan fingerprint density at radius 1 is 1.20 bits per heavy atom. The number of ether oxygens (including phenoxy) is 1. The molecule has 0 aliphatic carbocycles. The number of carbonyl (C=O) groups is 1. The number of nitrogens with two attached hydrogens (primary N) is 1.